The molecule has 192 valence electrons. The van der Waals surface area contributed by atoms with Gasteiger partial charge in [-0.25, -0.2) is 13.6 Å². The molecule has 0 saturated carbocycles. The molecule has 1 N–H and O–H groups in total. The smallest absolute Gasteiger partial charge is 0.410 e. The van der Waals surface area contributed by atoms with Gasteiger partial charge in [0.15, 0.2) is 0 Å². The first-order valence-electron chi connectivity index (χ1n) is 12.1. The van der Waals surface area contributed by atoms with E-state index in [1.165, 1.54) is 0 Å². The molecule has 1 atom stereocenters. The number of alkyl halides is 2. The predicted molar refractivity (Wildman–Crippen MR) is 137 cm³/mol. The van der Waals surface area contributed by atoms with Gasteiger partial charge in [-0.15, -0.1) is 0 Å². The molecule has 0 spiro atoms. The Balaban J connectivity index is 1.47. The molecule has 9 heteroatoms. The number of nitrogens with one attached hydrogen (secondary N) is 1. The van der Waals surface area contributed by atoms with Crippen molar-refractivity contribution < 1.29 is 23.0 Å². The van der Waals surface area contributed by atoms with Crippen molar-refractivity contribution in [2.24, 2.45) is 0 Å². The van der Waals surface area contributed by atoms with Gasteiger partial charge >= 0.3 is 6.09 Å². The maximum absolute atomic E-state index is 14.3. The fourth-order valence-electron chi connectivity index (χ4n) is 4.58. The van der Waals surface area contributed by atoms with Crippen LogP contribution in [-0.2, 0) is 4.74 Å². The molecule has 1 aliphatic heterocycles. The summed E-state index contributed by atoms with van der Waals surface area (Å²) in [6.45, 7) is 4.26. The molecule has 1 aromatic carbocycles. The average Bonchev–Trinajstić information content (AvgIpc) is 3.39. The van der Waals surface area contributed by atoms with Gasteiger partial charge in [0, 0.05) is 29.9 Å². The zero-order chi connectivity index (χ0) is 26.2. The summed E-state index contributed by atoms with van der Waals surface area (Å²) in [6.07, 6.45) is 3.65. The SMILES string of the molecule is CC(C)(C)OC(=O)N1CC(F)(F)C[C@H]1COc1cnccc1-c1[nH]c2cccnc2c1-c1ccccc1. The number of H-pyrrole nitrogens is 1. The molecule has 3 aromatic heterocycles. The van der Waals surface area contributed by atoms with Crippen LogP contribution in [-0.4, -0.2) is 56.7 Å². The fourth-order valence-corrected chi connectivity index (χ4v) is 4.58. The molecular formula is C28H28F2N4O3. The Bertz CT molecular complexity index is 1420. The van der Waals surface area contributed by atoms with Crippen LogP contribution in [0.4, 0.5) is 13.6 Å². The van der Waals surface area contributed by atoms with Crippen molar-refractivity contribution in [2.45, 2.75) is 44.8 Å². The number of nitrogens with zero attached hydrogens (tertiary/aromatic N) is 3. The number of aromatic amines is 1. The highest BCUT2D eigenvalue weighted by molar-refractivity contribution is 6.02. The van der Waals surface area contributed by atoms with Crippen LogP contribution in [0.25, 0.3) is 33.4 Å². The predicted octanol–water partition coefficient (Wildman–Crippen LogP) is 6.32. The van der Waals surface area contributed by atoms with E-state index in [1.807, 2.05) is 42.5 Å². The minimum absolute atomic E-state index is 0.132. The maximum atomic E-state index is 14.3. The third-order valence-electron chi connectivity index (χ3n) is 6.11. The number of fused-ring (bicyclic) bond motifs is 1. The van der Waals surface area contributed by atoms with E-state index < -0.39 is 36.6 Å². The summed E-state index contributed by atoms with van der Waals surface area (Å²) >= 11 is 0. The normalized spacial score (nSPS) is 17.2. The van der Waals surface area contributed by atoms with E-state index in [2.05, 4.69) is 15.0 Å². The van der Waals surface area contributed by atoms with Crippen LogP contribution in [0.1, 0.15) is 27.2 Å². The number of halogens is 2. The maximum Gasteiger partial charge on any atom is 0.410 e. The number of carbonyl (C=O) groups excluding carboxylic acids is 1. The summed E-state index contributed by atoms with van der Waals surface area (Å²) in [4.78, 5) is 25.9. The summed E-state index contributed by atoms with van der Waals surface area (Å²) in [7, 11) is 0. The van der Waals surface area contributed by atoms with E-state index in [9.17, 15) is 13.6 Å². The van der Waals surface area contributed by atoms with Gasteiger partial charge in [-0.05, 0) is 44.5 Å². The highest BCUT2D eigenvalue weighted by Crippen LogP contribution is 2.41. The molecule has 1 amide bonds. The number of rotatable bonds is 5. The van der Waals surface area contributed by atoms with E-state index >= 15 is 0 Å². The van der Waals surface area contributed by atoms with E-state index in [0.29, 0.717) is 11.3 Å². The molecule has 0 bridgehead atoms. The lowest BCUT2D eigenvalue weighted by Crippen LogP contribution is -2.42. The van der Waals surface area contributed by atoms with Crippen molar-refractivity contribution in [3.63, 3.8) is 0 Å². The third-order valence-corrected chi connectivity index (χ3v) is 6.11. The second-order valence-corrected chi connectivity index (χ2v) is 10.1. The number of hydrogen-bond acceptors (Lipinski definition) is 5. The molecule has 1 fully saturated rings. The number of benzene rings is 1. The van der Waals surface area contributed by atoms with Crippen molar-refractivity contribution in [3.8, 4) is 28.1 Å². The van der Waals surface area contributed by atoms with E-state index in [-0.39, 0.29) is 6.61 Å². The summed E-state index contributed by atoms with van der Waals surface area (Å²) < 4.78 is 40.1. The van der Waals surface area contributed by atoms with Crippen LogP contribution < -0.4 is 4.74 Å². The van der Waals surface area contributed by atoms with E-state index in [0.717, 1.165) is 32.8 Å². The molecule has 37 heavy (non-hydrogen) atoms. The number of aromatic nitrogens is 3. The fraction of sp³-hybridized carbons (Fsp3) is 0.321. The van der Waals surface area contributed by atoms with Crippen LogP contribution in [0.5, 0.6) is 5.75 Å². The minimum atomic E-state index is -3.02. The Kier molecular flexibility index (Phi) is 6.31. The van der Waals surface area contributed by atoms with Crippen LogP contribution >= 0.6 is 0 Å². The third kappa shape index (κ3) is 5.26. The van der Waals surface area contributed by atoms with Crippen molar-refractivity contribution in [3.05, 3.63) is 67.1 Å². The summed E-state index contributed by atoms with van der Waals surface area (Å²) in [5.74, 6) is -2.61. The largest absolute Gasteiger partial charge is 0.489 e. The van der Waals surface area contributed by atoms with Crippen molar-refractivity contribution >= 4 is 17.1 Å². The van der Waals surface area contributed by atoms with Gasteiger partial charge < -0.3 is 14.5 Å². The van der Waals surface area contributed by atoms with Gasteiger partial charge in [0.25, 0.3) is 5.92 Å². The van der Waals surface area contributed by atoms with Crippen molar-refractivity contribution in [2.75, 3.05) is 13.2 Å². The summed E-state index contributed by atoms with van der Waals surface area (Å²) in [6, 6.07) is 14.6. The van der Waals surface area contributed by atoms with Gasteiger partial charge in [-0.2, -0.15) is 0 Å². The van der Waals surface area contributed by atoms with Crippen molar-refractivity contribution in [1.82, 2.24) is 19.9 Å². The number of likely N-dealkylation sites (tertiary alicyclic amines) is 1. The minimum Gasteiger partial charge on any atom is -0.489 e. The molecule has 5 rings (SSSR count). The van der Waals surface area contributed by atoms with E-state index in [4.69, 9.17) is 9.47 Å². The lowest BCUT2D eigenvalue weighted by atomic mass is 10.0. The average molecular weight is 507 g/mol. The van der Waals surface area contributed by atoms with Crippen LogP contribution in [0, 0.1) is 0 Å². The summed E-state index contributed by atoms with van der Waals surface area (Å²) in [5, 5.41) is 0. The second kappa shape index (κ2) is 9.46. The summed E-state index contributed by atoms with van der Waals surface area (Å²) in [5.41, 5.74) is 4.21. The first-order valence-corrected chi connectivity index (χ1v) is 12.1. The standard InChI is InChI=1S/C28H28F2N4O3/c1-27(2,3)37-26(35)34-17-28(29,30)14-19(34)16-36-22-15-31-13-11-20(22)24-23(18-8-5-4-6-9-18)25-21(33-24)10-7-12-32-25/h4-13,15,19,33H,14,16-17H2,1-3H3/t19-/m0/s1. The quantitative estimate of drug-likeness (QED) is 0.343. The number of ether oxygens (including phenoxy) is 2. The molecule has 4 heterocycles. The molecule has 0 radical (unpaired) electrons. The highest BCUT2D eigenvalue weighted by Gasteiger charge is 2.48. The first-order chi connectivity index (χ1) is 17.6. The van der Waals surface area contributed by atoms with Gasteiger partial charge in [-0.1, -0.05) is 30.3 Å². The zero-order valence-corrected chi connectivity index (χ0v) is 20.9. The molecule has 0 aliphatic carbocycles. The zero-order valence-electron chi connectivity index (χ0n) is 20.9. The highest BCUT2D eigenvalue weighted by atomic mass is 19.3. The Labute approximate surface area is 213 Å². The Morgan fingerprint density at radius 2 is 1.92 bits per heavy atom. The molecule has 1 saturated heterocycles. The van der Waals surface area contributed by atoms with Gasteiger partial charge in [0.05, 0.1) is 35.5 Å². The molecule has 7 nitrogen and oxygen atoms in total. The lowest BCUT2D eigenvalue weighted by molar-refractivity contribution is -0.00274. The number of amides is 1. The Hall–Kier alpha value is -4.01. The number of carbonyl (C=O) groups is 1. The van der Waals surface area contributed by atoms with Crippen LogP contribution in [0.15, 0.2) is 67.1 Å². The Morgan fingerprint density at radius 1 is 1.14 bits per heavy atom. The van der Waals surface area contributed by atoms with Gasteiger partial charge in [0.2, 0.25) is 0 Å². The second-order valence-electron chi connectivity index (χ2n) is 10.1. The van der Waals surface area contributed by atoms with Crippen LogP contribution in [0.2, 0.25) is 0 Å². The molecule has 0 unspecified atom stereocenters. The monoisotopic (exact) mass is 506 g/mol. The first kappa shape index (κ1) is 24.7. The van der Waals surface area contributed by atoms with Crippen molar-refractivity contribution in [1.29, 1.82) is 0 Å². The van der Waals surface area contributed by atoms with E-state index in [1.54, 1.807) is 45.4 Å². The van der Waals surface area contributed by atoms with Crippen LogP contribution in [0.3, 0.4) is 0 Å². The molecule has 1 aliphatic rings. The topological polar surface area (TPSA) is 80.3 Å². The van der Waals surface area contributed by atoms with Gasteiger partial charge in [0.1, 0.15) is 18.0 Å². The lowest BCUT2D eigenvalue weighted by Gasteiger charge is -2.28. The number of hydrogen-bond donors (Lipinski definition) is 1. The Morgan fingerprint density at radius 3 is 2.68 bits per heavy atom. The molecule has 4 aromatic rings. The van der Waals surface area contributed by atoms with Gasteiger partial charge in [-0.3, -0.25) is 14.9 Å². The number of pyridine rings is 2. The molecular weight excluding hydrogens is 478 g/mol.